The van der Waals surface area contributed by atoms with E-state index in [1.165, 1.54) is 22.3 Å². The molecule has 0 fully saturated rings. The number of carboxylic acid groups (broad SMARTS) is 1. The average molecular weight is 268 g/mol. The highest BCUT2D eigenvalue weighted by atomic mass is 16.4. The Kier molecular flexibility index (Phi) is 4.57. The molecule has 0 unspecified atom stereocenters. The summed E-state index contributed by atoms with van der Waals surface area (Å²) in [6.45, 7) is 4.23. The molecule has 104 valence electrons. The van der Waals surface area contributed by atoms with Gasteiger partial charge in [0, 0.05) is 6.42 Å². The smallest absolute Gasteiger partial charge is 0.303 e. The molecule has 0 aliphatic carbocycles. The Balaban J connectivity index is 2.22. The molecule has 0 saturated carbocycles. The minimum atomic E-state index is -0.748. The highest BCUT2D eigenvalue weighted by molar-refractivity contribution is 5.69. The molecule has 2 aromatic carbocycles. The predicted molar refractivity (Wildman–Crippen MR) is 81.9 cm³/mol. The van der Waals surface area contributed by atoms with Gasteiger partial charge in [0.05, 0.1) is 0 Å². The molecule has 2 aromatic rings. The maximum Gasteiger partial charge on any atom is 0.303 e. The molecule has 1 N–H and O–H groups in total. The fourth-order valence-electron chi connectivity index (χ4n) is 2.38. The quantitative estimate of drug-likeness (QED) is 0.880. The zero-order valence-corrected chi connectivity index (χ0v) is 12.0. The molecule has 0 heterocycles. The van der Waals surface area contributed by atoms with Gasteiger partial charge in [-0.25, -0.2) is 0 Å². The van der Waals surface area contributed by atoms with Gasteiger partial charge < -0.3 is 5.11 Å². The van der Waals surface area contributed by atoms with Gasteiger partial charge >= 0.3 is 5.97 Å². The van der Waals surface area contributed by atoms with E-state index in [4.69, 9.17) is 5.11 Å². The summed E-state index contributed by atoms with van der Waals surface area (Å²) in [6.07, 6.45) is 1.82. The number of carbonyl (C=O) groups is 1. The second-order valence-electron chi connectivity index (χ2n) is 5.09. The maximum absolute atomic E-state index is 10.6. The van der Waals surface area contributed by atoms with E-state index in [-0.39, 0.29) is 6.42 Å². The molecule has 2 rings (SSSR count). The summed E-state index contributed by atoms with van der Waals surface area (Å²) in [5, 5.41) is 8.73. The Bertz CT molecular complexity index is 597. The third-order valence-corrected chi connectivity index (χ3v) is 3.59. The Hall–Kier alpha value is -2.09. The van der Waals surface area contributed by atoms with E-state index < -0.39 is 5.97 Å². The van der Waals surface area contributed by atoms with Crippen LogP contribution in [-0.4, -0.2) is 11.1 Å². The first-order chi connectivity index (χ1) is 9.60. The summed E-state index contributed by atoms with van der Waals surface area (Å²) in [5.74, 6) is -0.748. The van der Waals surface area contributed by atoms with Crippen LogP contribution >= 0.6 is 0 Å². The van der Waals surface area contributed by atoms with Crippen LogP contribution in [0.3, 0.4) is 0 Å². The van der Waals surface area contributed by atoms with Crippen molar-refractivity contribution >= 4 is 5.97 Å². The standard InChI is InChI=1S/C18H20O2/c1-3-14-4-8-16(9-5-14)17-10-6-15(12-13(17)2)7-11-18(19)20/h4-6,8-10,12H,3,7,11H2,1-2H3,(H,19,20). The monoisotopic (exact) mass is 268 g/mol. The summed E-state index contributed by atoms with van der Waals surface area (Å²) >= 11 is 0. The van der Waals surface area contributed by atoms with Crippen LogP contribution in [0.5, 0.6) is 0 Å². The Morgan fingerprint density at radius 2 is 1.70 bits per heavy atom. The number of aryl methyl sites for hydroxylation is 3. The van der Waals surface area contributed by atoms with Crippen LogP contribution in [0.2, 0.25) is 0 Å². The molecule has 2 nitrogen and oxygen atoms in total. The van der Waals surface area contributed by atoms with Gasteiger partial charge in [0.1, 0.15) is 0 Å². The number of aliphatic carboxylic acids is 1. The normalized spacial score (nSPS) is 10.5. The first-order valence-corrected chi connectivity index (χ1v) is 7.00. The Labute approximate surface area is 120 Å². The predicted octanol–water partition coefficient (Wildman–Crippen LogP) is 4.24. The molecule has 0 aromatic heterocycles. The number of carboxylic acids is 1. The van der Waals surface area contributed by atoms with Crippen molar-refractivity contribution < 1.29 is 9.90 Å². The van der Waals surface area contributed by atoms with Crippen LogP contribution < -0.4 is 0 Å². The first-order valence-electron chi connectivity index (χ1n) is 7.00. The SMILES string of the molecule is CCc1ccc(-c2ccc(CCC(=O)O)cc2C)cc1. The molecule has 2 heteroatoms. The zero-order valence-electron chi connectivity index (χ0n) is 12.0. The number of rotatable bonds is 5. The van der Waals surface area contributed by atoms with Crippen molar-refractivity contribution in [3.63, 3.8) is 0 Å². The van der Waals surface area contributed by atoms with Gasteiger partial charge in [0.15, 0.2) is 0 Å². The molecular formula is C18H20O2. The van der Waals surface area contributed by atoms with Gasteiger partial charge in [-0.1, -0.05) is 49.4 Å². The lowest BCUT2D eigenvalue weighted by Gasteiger charge is -2.09. The molecule has 0 bridgehead atoms. The Morgan fingerprint density at radius 1 is 1.05 bits per heavy atom. The van der Waals surface area contributed by atoms with Crippen LogP contribution in [-0.2, 0) is 17.6 Å². The van der Waals surface area contributed by atoms with Gasteiger partial charge in [0.2, 0.25) is 0 Å². The second kappa shape index (κ2) is 6.38. The summed E-state index contributed by atoms with van der Waals surface area (Å²) in [6, 6.07) is 14.8. The van der Waals surface area contributed by atoms with Crippen molar-refractivity contribution in [2.45, 2.75) is 33.1 Å². The highest BCUT2D eigenvalue weighted by Gasteiger charge is 2.05. The van der Waals surface area contributed by atoms with E-state index in [0.29, 0.717) is 6.42 Å². The third kappa shape index (κ3) is 3.47. The molecule has 0 spiro atoms. The van der Waals surface area contributed by atoms with E-state index >= 15 is 0 Å². The highest BCUT2D eigenvalue weighted by Crippen LogP contribution is 2.25. The topological polar surface area (TPSA) is 37.3 Å². The van der Waals surface area contributed by atoms with Gasteiger partial charge in [0.25, 0.3) is 0 Å². The van der Waals surface area contributed by atoms with Crippen molar-refractivity contribution in [2.24, 2.45) is 0 Å². The summed E-state index contributed by atoms with van der Waals surface area (Å²) < 4.78 is 0. The van der Waals surface area contributed by atoms with E-state index in [2.05, 4.69) is 50.2 Å². The summed E-state index contributed by atoms with van der Waals surface area (Å²) in [7, 11) is 0. The maximum atomic E-state index is 10.6. The van der Waals surface area contributed by atoms with Crippen molar-refractivity contribution in [2.75, 3.05) is 0 Å². The van der Waals surface area contributed by atoms with Gasteiger partial charge in [-0.3, -0.25) is 4.79 Å². The van der Waals surface area contributed by atoms with Crippen LogP contribution in [0.25, 0.3) is 11.1 Å². The van der Waals surface area contributed by atoms with E-state index in [1.807, 2.05) is 6.07 Å². The molecular weight excluding hydrogens is 248 g/mol. The summed E-state index contributed by atoms with van der Waals surface area (Å²) in [4.78, 5) is 10.6. The van der Waals surface area contributed by atoms with Gasteiger partial charge in [-0.15, -0.1) is 0 Å². The molecule has 0 atom stereocenters. The van der Waals surface area contributed by atoms with Crippen LogP contribution in [0.15, 0.2) is 42.5 Å². The summed E-state index contributed by atoms with van der Waals surface area (Å²) in [5.41, 5.74) is 6.04. The van der Waals surface area contributed by atoms with Crippen molar-refractivity contribution in [1.82, 2.24) is 0 Å². The average Bonchev–Trinajstić information content (AvgIpc) is 2.45. The second-order valence-corrected chi connectivity index (χ2v) is 5.09. The van der Waals surface area contributed by atoms with E-state index in [9.17, 15) is 4.79 Å². The molecule has 0 radical (unpaired) electrons. The number of hydrogen-bond donors (Lipinski definition) is 1. The number of benzene rings is 2. The lowest BCUT2D eigenvalue weighted by atomic mass is 9.96. The molecule has 0 amide bonds. The van der Waals surface area contributed by atoms with Crippen LogP contribution in [0.4, 0.5) is 0 Å². The van der Waals surface area contributed by atoms with Gasteiger partial charge in [-0.2, -0.15) is 0 Å². The van der Waals surface area contributed by atoms with E-state index in [0.717, 1.165) is 12.0 Å². The number of hydrogen-bond acceptors (Lipinski definition) is 1. The fraction of sp³-hybridized carbons (Fsp3) is 0.278. The van der Waals surface area contributed by atoms with Crippen LogP contribution in [0.1, 0.15) is 30.0 Å². The fourth-order valence-corrected chi connectivity index (χ4v) is 2.38. The van der Waals surface area contributed by atoms with Crippen molar-refractivity contribution in [1.29, 1.82) is 0 Å². The molecule has 0 saturated heterocycles. The molecule has 0 aliphatic heterocycles. The lowest BCUT2D eigenvalue weighted by Crippen LogP contribution is -1.98. The third-order valence-electron chi connectivity index (χ3n) is 3.59. The minimum Gasteiger partial charge on any atom is -0.481 e. The van der Waals surface area contributed by atoms with Crippen molar-refractivity contribution in [3.05, 3.63) is 59.2 Å². The van der Waals surface area contributed by atoms with E-state index in [1.54, 1.807) is 0 Å². The molecule has 0 aliphatic rings. The van der Waals surface area contributed by atoms with Crippen molar-refractivity contribution in [3.8, 4) is 11.1 Å². The van der Waals surface area contributed by atoms with Crippen LogP contribution in [0, 0.1) is 6.92 Å². The molecule has 20 heavy (non-hydrogen) atoms. The Morgan fingerprint density at radius 3 is 2.25 bits per heavy atom. The van der Waals surface area contributed by atoms with Gasteiger partial charge in [-0.05, 0) is 47.6 Å². The first kappa shape index (κ1) is 14.3. The largest absolute Gasteiger partial charge is 0.481 e. The lowest BCUT2D eigenvalue weighted by molar-refractivity contribution is -0.136. The zero-order chi connectivity index (χ0) is 14.5. The minimum absolute atomic E-state index is 0.185.